The van der Waals surface area contributed by atoms with Crippen molar-refractivity contribution in [3.8, 4) is 5.75 Å². The van der Waals surface area contributed by atoms with Gasteiger partial charge in [0.05, 0.1) is 13.0 Å². The Morgan fingerprint density at radius 1 is 1.11 bits per heavy atom. The van der Waals surface area contributed by atoms with Gasteiger partial charge in [0.25, 0.3) is 0 Å². The highest BCUT2D eigenvalue weighted by Crippen LogP contribution is 2.27. The number of aromatic hydroxyl groups is 1. The zero-order valence-corrected chi connectivity index (χ0v) is 21.5. The molecule has 11 heteroatoms. The van der Waals surface area contributed by atoms with Gasteiger partial charge < -0.3 is 36.2 Å². The molecule has 1 aromatic rings. The molecule has 1 rings (SSSR count). The molecule has 0 aromatic heterocycles. The Labute approximate surface area is 206 Å². The summed E-state index contributed by atoms with van der Waals surface area (Å²) in [5.41, 5.74) is 4.62. The van der Waals surface area contributed by atoms with Crippen molar-refractivity contribution in [3.05, 3.63) is 29.3 Å². The average Bonchev–Trinajstić information content (AvgIpc) is 2.66. The van der Waals surface area contributed by atoms with Crippen LogP contribution in [0.3, 0.4) is 0 Å². The number of nitrogens with two attached hydrogens (primary N) is 1. The Kier molecular flexibility index (Phi) is 10.1. The molecule has 0 aliphatic rings. The number of primary amides is 1. The first-order chi connectivity index (χ1) is 15.9. The van der Waals surface area contributed by atoms with Crippen LogP contribution in [0.4, 0.5) is 4.79 Å². The van der Waals surface area contributed by atoms with Crippen molar-refractivity contribution in [1.82, 2.24) is 15.5 Å². The van der Waals surface area contributed by atoms with Gasteiger partial charge in [0, 0.05) is 12.1 Å². The summed E-state index contributed by atoms with van der Waals surface area (Å²) in [6.07, 6.45) is -1.50. The van der Waals surface area contributed by atoms with Gasteiger partial charge in [0.2, 0.25) is 17.7 Å². The van der Waals surface area contributed by atoms with E-state index in [0.717, 1.165) is 4.90 Å². The molecule has 11 nitrogen and oxygen atoms in total. The van der Waals surface area contributed by atoms with E-state index >= 15 is 0 Å². The predicted molar refractivity (Wildman–Crippen MR) is 129 cm³/mol. The quantitative estimate of drug-likeness (QED) is 0.344. The third-order valence-electron chi connectivity index (χ3n) is 4.61. The Morgan fingerprint density at radius 3 is 2.17 bits per heavy atom. The molecule has 0 fully saturated rings. The van der Waals surface area contributed by atoms with Gasteiger partial charge in [0.1, 0.15) is 23.4 Å². The summed E-state index contributed by atoms with van der Waals surface area (Å²) in [6.45, 7) is 11.0. The van der Waals surface area contributed by atoms with Crippen LogP contribution in [0.5, 0.6) is 5.75 Å². The van der Waals surface area contributed by atoms with Gasteiger partial charge in [-0.05, 0) is 71.7 Å². The third kappa shape index (κ3) is 9.81. The molecule has 0 bridgehead atoms. The lowest BCUT2D eigenvalue weighted by Crippen LogP contribution is -2.56. The number of aryl methyl sites for hydroxylation is 1. The lowest BCUT2D eigenvalue weighted by Gasteiger charge is -2.35. The first-order valence-corrected chi connectivity index (χ1v) is 11.3. The monoisotopic (exact) mass is 494 g/mol. The lowest BCUT2D eigenvalue weighted by atomic mass is 9.98. The molecular weight excluding hydrogens is 456 g/mol. The summed E-state index contributed by atoms with van der Waals surface area (Å²) in [6, 6.07) is 1.73. The van der Waals surface area contributed by atoms with Crippen molar-refractivity contribution in [2.75, 3.05) is 13.2 Å². The van der Waals surface area contributed by atoms with Gasteiger partial charge in [-0.2, -0.15) is 0 Å². The van der Waals surface area contributed by atoms with Crippen LogP contribution in [0.2, 0.25) is 0 Å². The number of alkyl carbamates (subject to hydrolysis) is 1. The maximum atomic E-state index is 13.6. The zero-order valence-electron chi connectivity index (χ0n) is 21.5. The van der Waals surface area contributed by atoms with Crippen LogP contribution in [0.25, 0.3) is 0 Å². The number of nitrogens with zero attached hydrogens (tertiary/aromatic N) is 1. The van der Waals surface area contributed by atoms with Crippen LogP contribution in [0.1, 0.15) is 65.1 Å². The van der Waals surface area contributed by atoms with Gasteiger partial charge >= 0.3 is 6.09 Å². The number of rotatable bonds is 9. The van der Waals surface area contributed by atoms with Gasteiger partial charge in [-0.1, -0.05) is 6.07 Å². The summed E-state index contributed by atoms with van der Waals surface area (Å²) < 4.78 is 5.20. The molecule has 2 atom stereocenters. The molecule has 0 radical (unpaired) electrons. The number of ether oxygens (including phenoxy) is 1. The number of phenols is 1. The zero-order chi connectivity index (χ0) is 27.1. The minimum absolute atomic E-state index is 0.00182. The molecule has 0 saturated heterocycles. The third-order valence-corrected chi connectivity index (χ3v) is 4.61. The number of carbonyl (C=O) groups is 4. The molecule has 0 aliphatic carbocycles. The number of amides is 4. The Hall–Kier alpha value is -3.34. The van der Waals surface area contributed by atoms with E-state index in [1.165, 1.54) is 12.1 Å². The molecular formula is C24H38N4O7. The molecule has 6 N–H and O–H groups in total. The molecule has 4 amide bonds. The summed E-state index contributed by atoms with van der Waals surface area (Å²) in [5, 5.41) is 24.8. The fraction of sp³-hybridized carbons (Fsp3) is 0.583. The summed E-state index contributed by atoms with van der Waals surface area (Å²) in [4.78, 5) is 52.1. The molecule has 0 heterocycles. The van der Waals surface area contributed by atoms with E-state index in [4.69, 9.17) is 10.5 Å². The van der Waals surface area contributed by atoms with Gasteiger partial charge in [0.15, 0.2) is 0 Å². The summed E-state index contributed by atoms with van der Waals surface area (Å²) in [5.74, 6) is -2.23. The minimum atomic E-state index is -1.45. The van der Waals surface area contributed by atoms with Crippen molar-refractivity contribution in [2.24, 2.45) is 5.73 Å². The van der Waals surface area contributed by atoms with Gasteiger partial charge in [-0.25, -0.2) is 4.79 Å². The molecule has 196 valence electrons. The Balaban J connectivity index is 3.52. The first kappa shape index (κ1) is 29.7. The topological polar surface area (TPSA) is 171 Å². The number of hydrogen-bond acceptors (Lipinski definition) is 7. The van der Waals surface area contributed by atoms with Crippen LogP contribution < -0.4 is 16.4 Å². The maximum absolute atomic E-state index is 13.6. The second kappa shape index (κ2) is 11.9. The SMILES string of the molecule is Cc1cc(C(C(=O)NC(C)(C)C)N(CCO)C(=O)C(CC(N)=O)NC(=O)OC(C)(C)C)ccc1O. The number of nitrogens with one attached hydrogen (secondary N) is 2. The van der Waals surface area contributed by atoms with E-state index in [-0.39, 0.29) is 12.3 Å². The normalized spacial score (nSPS) is 13.4. The van der Waals surface area contributed by atoms with E-state index in [0.29, 0.717) is 11.1 Å². The molecule has 2 unspecified atom stereocenters. The molecule has 35 heavy (non-hydrogen) atoms. The number of aliphatic hydroxyl groups excluding tert-OH is 1. The molecule has 0 aliphatic heterocycles. The predicted octanol–water partition coefficient (Wildman–Crippen LogP) is 1.25. The Morgan fingerprint density at radius 2 is 1.71 bits per heavy atom. The van der Waals surface area contributed by atoms with Crippen molar-refractivity contribution >= 4 is 23.8 Å². The second-order valence-corrected chi connectivity index (χ2v) is 10.3. The van der Waals surface area contributed by atoms with E-state index < -0.39 is 60.1 Å². The highest BCUT2D eigenvalue weighted by Gasteiger charge is 2.37. The van der Waals surface area contributed by atoms with E-state index in [1.54, 1.807) is 54.5 Å². The van der Waals surface area contributed by atoms with Crippen molar-refractivity contribution in [3.63, 3.8) is 0 Å². The number of carbonyl (C=O) groups excluding carboxylic acids is 4. The van der Waals surface area contributed by atoms with Crippen LogP contribution in [0.15, 0.2) is 18.2 Å². The van der Waals surface area contributed by atoms with Crippen LogP contribution >= 0.6 is 0 Å². The molecule has 0 saturated carbocycles. The molecule has 0 spiro atoms. The largest absolute Gasteiger partial charge is 0.508 e. The highest BCUT2D eigenvalue weighted by atomic mass is 16.6. The maximum Gasteiger partial charge on any atom is 0.408 e. The fourth-order valence-electron chi connectivity index (χ4n) is 3.29. The second-order valence-electron chi connectivity index (χ2n) is 10.3. The summed E-state index contributed by atoms with van der Waals surface area (Å²) in [7, 11) is 0. The molecule has 1 aromatic carbocycles. The van der Waals surface area contributed by atoms with E-state index in [2.05, 4.69) is 10.6 Å². The number of phenolic OH excluding ortho intramolecular Hbond substituents is 1. The van der Waals surface area contributed by atoms with Crippen molar-refractivity contribution < 1.29 is 34.1 Å². The van der Waals surface area contributed by atoms with Crippen LogP contribution in [-0.4, -0.2) is 69.3 Å². The van der Waals surface area contributed by atoms with Crippen molar-refractivity contribution in [1.29, 1.82) is 0 Å². The van der Waals surface area contributed by atoms with Gasteiger partial charge in [-0.15, -0.1) is 0 Å². The lowest BCUT2D eigenvalue weighted by molar-refractivity contribution is -0.144. The summed E-state index contributed by atoms with van der Waals surface area (Å²) >= 11 is 0. The van der Waals surface area contributed by atoms with Crippen LogP contribution in [-0.2, 0) is 19.1 Å². The van der Waals surface area contributed by atoms with Gasteiger partial charge in [-0.3, -0.25) is 14.4 Å². The van der Waals surface area contributed by atoms with Crippen molar-refractivity contribution in [2.45, 2.75) is 78.1 Å². The minimum Gasteiger partial charge on any atom is -0.508 e. The number of hydrogen-bond donors (Lipinski definition) is 5. The first-order valence-electron chi connectivity index (χ1n) is 11.3. The number of benzene rings is 1. The average molecular weight is 495 g/mol. The Bertz CT molecular complexity index is 935. The standard InChI is InChI=1S/C24H38N4O7/c1-14-12-15(8-9-17(14)30)19(20(32)27-23(2,3)4)28(10-11-29)21(33)16(13-18(25)31)26-22(34)35-24(5,6)7/h8-9,12,16,19,29-30H,10-11,13H2,1-7H3,(H2,25,31)(H,26,34)(H,27,32). The van der Waals surface area contributed by atoms with Crippen LogP contribution in [0, 0.1) is 6.92 Å². The number of aliphatic hydroxyl groups is 1. The van der Waals surface area contributed by atoms with E-state index in [1.807, 2.05) is 0 Å². The highest BCUT2D eigenvalue weighted by molar-refractivity contribution is 5.94. The fourth-order valence-corrected chi connectivity index (χ4v) is 3.29. The smallest absolute Gasteiger partial charge is 0.408 e. The van der Waals surface area contributed by atoms with E-state index in [9.17, 15) is 29.4 Å².